The van der Waals surface area contributed by atoms with E-state index in [1.54, 1.807) is 0 Å². The molecule has 0 aliphatic carbocycles. The lowest BCUT2D eigenvalue weighted by molar-refractivity contribution is -0.385. The number of phenolic OH excluding ortho intramolecular Hbond substituents is 1. The first-order chi connectivity index (χ1) is 8.52. The van der Waals surface area contributed by atoms with E-state index in [4.69, 9.17) is 4.74 Å². The summed E-state index contributed by atoms with van der Waals surface area (Å²) in [5.74, 6) is -0.278. The molecule has 1 aliphatic rings. The lowest BCUT2D eigenvalue weighted by Gasteiger charge is -2.12. The number of ether oxygens (including phenoxy) is 2. The van der Waals surface area contributed by atoms with Gasteiger partial charge in [0.25, 0.3) is 5.69 Å². The molecule has 2 N–H and O–H groups in total. The first kappa shape index (κ1) is 14.8. The van der Waals surface area contributed by atoms with Gasteiger partial charge in [0, 0.05) is 11.6 Å². The van der Waals surface area contributed by atoms with Gasteiger partial charge in [0.05, 0.1) is 24.1 Å². The second-order valence-corrected chi connectivity index (χ2v) is 3.64. The summed E-state index contributed by atoms with van der Waals surface area (Å²) in [6.07, 6.45) is -0.634. The Morgan fingerprint density at radius 1 is 1.58 bits per heavy atom. The van der Waals surface area contributed by atoms with Crippen LogP contribution in [-0.4, -0.2) is 29.8 Å². The number of nitro benzene ring substituents is 1. The van der Waals surface area contributed by atoms with E-state index in [2.05, 4.69) is 10.1 Å². The summed E-state index contributed by atoms with van der Waals surface area (Å²) in [5.41, 5.74) is -0.0484. The standard InChI is InChI=1S/C10H10N2O6.ClH/c1-17-8-3-5(12(15)16)2-6(9(8)13)7-4-18-10(14)11-7;/h2-3,7,13H,4H2,1H3,(H,11,14);1H/t7-;/m0./s1. The molecule has 1 aromatic rings. The number of cyclic esters (lactones) is 1. The number of nitro groups is 1. The lowest BCUT2D eigenvalue weighted by Crippen LogP contribution is -2.18. The van der Waals surface area contributed by atoms with Gasteiger partial charge in [-0.1, -0.05) is 0 Å². The van der Waals surface area contributed by atoms with Crippen molar-refractivity contribution in [1.29, 1.82) is 0 Å². The highest BCUT2D eigenvalue weighted by molar-refractivity contribution is 5.85. The van der Waals surface area contributed by atoms with Crippen LogP contribution in [0.15, 0.2) is 12.1 Å². The van der Waals surface area contributed by atoms with Gasteiger partial charge in [-0.05, 0) is 0 Å². The number of phenols is 1. The minimum atomic E-state index is -0.634. The van der Waals surface area contributed by atoms with Gasteiger partial charge in [0.2, 0.25) is 0 Å². The summed E-state index contributed by atoms with van der Waals surface area (Å²) in [5, 5.41) is 23.1. The Morgan fingerprint density at radius 2 is 2.26 bits per heavy atom. The van der Waals surface area contributed by atoms with Crippen molar-refractivity contribution in [3.05, 3.63) is 27.8 Å². The molecule has 8 nitrogen and oxygen atoms in total. The Bertz CT molecular complexity index is 521. The van der Waals surface area contributed by atoms with E-state index in [0.29, 0.717) is 0 Å². The molecular weight excluding hydrogens is 280 g/mol. The predicted molar refractivity (Wildman–Crippen MR) is 65.8 cm³/mol. The van der Waals surface area contributed by atoms with Crippen LogP contribution in [0.4, 0.5) is 10.5 Å². The molecule has 1 aromatic carbocycles. The molecule has 0 bridgehead atoms. The van der Waals surface area contributed by atoms with Crippen molar-refractivity contribution in [3.63, 3.8) is 0 Å². The summed E-state index contributed by atoms with van der Waals surface area (Å²) in [6, 6.07) is 1.65. The van der Waals surface area contributed by atoms with Crippen LogP contribution in [0.5, 0.6) is 11.5 Å². The molecule has 1 saturated heterocycles. The molecular formula is C10H11ClN2O6. The Morgan fingerprint density at radius 3 is 2.74 bits per heavy atom. The number of alkyl carbamates (subject to hydrolysis) is 1. The Hall–Kier alpha value is -2.22. The molecule has 1 atom stereocenters. The molecule has 2 rings (SSSR count). The van der Waals surface area contributed by atoms with Crippen LogP contribution in [-0.2, 0) is 4.74 Å². The summed E-state index contributed by atoms with van der Waals surface area (Å²) in [4.78, 5) is 21.1. The highest BCUT2D eigenvalue weighted by atomic mass is 35.5. The van der Waals surface area contributed by atoms with E-state index in [1.165, 1.54) is 13.2 Å². The van der Waals surface area contributed by atoms with Crippen molar-refractivity contribution in [1.82, 2.24) is 5.32 Å². The summed E-state index contributed by atoms with van der Waals surface area (Å²) in [7, 11) is 1.28. The Balaban J connectivity index is 0.00000180. The SMILES string of the molecule is COc1cc([N+](=O)[O-])cc([C@@H]2COC(=O)N2)c1O.Cl. The molecule has 19 heavy (non-hydrogen) atoms. The zero-order chi connectivity index (χ0) is 13.3. The number of aromatic hydroxyl groups is 1. The number of hydrogen-bond donors (Lipinski definition) is 2. The van der Waals surface area contributed by atoms with Crippen molar-refractivity contribution in [3.8, 4) is 11.5 Å². The van der Waals surface area contributed by atoms with E-state index < -0.39 is 17.1 Å². The van der Waals surface area contributed by atoms with Gasteiger partial charge in [0.1, 0.15) is 6.61 Å². The first-order valence-electron chi connectivity index (χ1n) is 5.01. The minimum Gasteiger partial charge on any atom is -0.504 e. The number of carbonyl (C=O) groups excluding carboxylic acids is 1. The number of methoxy groups -OCH3 is 1. The molecule has 1 heterocycles. The van der Waals surface area contributed by atoms with E-state index in [9.17, 15) is 20.0 Å². The number of nitrogens with one attached hydrogen (secondary N) is 1. The number of benzene rings is 1. The van der Waals surface area contributed by atoms with Crippen molar-refractivity contribution in [2.75, 3.05) is 13.7 Å². The first-order valence-corrected chi connectivity index (χ1v) is 5.01. The Kier molecular flexibility index (Phi) is 4.38. The van der Waals surface area contributed by atoms with Gasteiger partial charge in [-0.2, -0.15) is 0 Å². The zero-order valence-corrected chi connectivity index (χ0v) is 10.6. The minimum absolute atomic E-state index is 0. The molecule has 1 fully saturated rings. The predicted octanol–water partition coefficient (Wildman–Crippen LogP) is 1.51. The number of halogens is 1. The normalized spacial score (nSPS) is 17.1. The monoisotopic (exact) mass is 290 g/mol. The van der Waals surface area contributed by atoms with Crippen molar-refractivity contribution >= 4 is 24.2 Å². The molecule has 0 unspecified atom stereocenters. The third-order valence-corrected chi connectivity index (χ3v) is 2.57. The second kappa shape index (κ2) is 5.61. The van der Waals surface area contributed by atoms with E-state index in [1.807, 2.05) is 0 Å². The van der Waals surface area contributed by atoms with Crippen LogP contribution < -0.4 is 10.1 Å². The molecule has 0 saturated carbocycles. The number of nitrogens with zero attached hydrogens (tertiary/aromatic N) is 1. The third-order valence-electron chi connectivity index (χ3n) is 2.57. The van der Waals surface area contributed by atoms with Crippen LogP contribution in [0.1, 0.15) is 11.6 Å². The summed E-state index contributed by atoms with van der Waals surface area (Å²) in [6.45, 7) is -0.00326. The molecule has 1 aliphatic heterocycles. The van der Waals surface area contributed by atoms with Gasteiger partial charge in [0.15, 0.2) is 11.5 Å². The van der Waals surface area contributed by atoms with Gasteiger partial charge >= 0.3 is 6.09 Å². The zero-order valence-electron chi connectivity index (χ0n) is 9.78. The maximum Gasteiger partial charge on any atom is 0.407 e. The number of carbonyl (C=O) groups is 1. The average Bonchev–Trinajstić information content (AvgIpc) is 2.75. The van der Waals surface area contributed by atoms with Crippen LogP contribution >= 0.6 is 12.4 Å². The van der Waals surface area contributed by atoms with Crippen LogP contribution in [0, 0.1) is 10.1 Å². The van der Waals surface area contributed by atoms with Crippen LogP contribution in [0.2, 0.25) is 0 Å². The maximum absolute atomic E-state index is 10.9. The molecule has 9 heteroatoms. The van der Waals surface area contributed by atoms with Gasteiger partial charge < -0.3 is 19.9 Å². The largest absolute Gasteiger partial charge is 0.504 e. The molecule has 104 valence electrons. The van der Waals surface area contributed by atoms with Gasteiger partial charge in [-0.3, -0.25) is 10.1 Å². The number of amides is 1. The Labute approximate surface area is 113 Å². The third kappa shape index (κ3) is 2.79. The topological polar surface area (TPSA) is 111 Å². The number of non-ortho nitro benzene ring substituents is 1. The van der Waals surface area contributed by atoms with E-state index in [-0.39, 0.29) is 41.8 Å². The van der Waals surface area contributed by atoms with Crippen molar-refractivity contribution in [2.45, 2.75) is 6.04 Å². The van der Waals surface area contributed by atoms with E-state index >= 15 is 0 Å². The fourth-order valence-electron chi connectivity index (χ4n) is 1.69. The lowest BCUT2D eigenvalue weighted by atomic mass is 10.1. The van der Waals surface area contributed by atoms with Crippen molar-refractivity contribution < 1.29 is 24.3 Å². The number of hydrogen-bond acceptors (Lipinski definition) is 6. The maximum atomic E-state index is 10.9. The second-order valence-electron chi connectivity index (χ2n) is 3.64. The summed E-state index contributed by atoms with van der Waals surface area (Å²) < 4.78 is 9.53. The molecule has 0 radical (unpaired) electrons. The molecule has 1 amide bonds. The highest BCUT2D eigenvalue weighted by Gasteiger charge is 2.29. The van der Waals surface area contributed by atoms with E-state index in [0.717, 1.165) is 6.07 Å². The van der Waals surface area contributed by atoms with Crippen molar-refractivity contribution in [2.24, 2.45) is 0 Å². The quantitative estimate of drug-likeness (QED) is 0.645. The molecule has 0 spiro atoms. The van der Waals surface area contributed by atoms with Crippen LogP contribution in [0.3, 0.4) is 0 Å². The fraction of sp³-hybridized carbons (Fsp3) is 0.300. The number of rotatable bonds is 3. The highest BCUT2D eigenvalue weighted by Crippen LogP contribution is 2.38. The van der Waals surface area contributed by atoms with Crippen LogP contribution in [0.25, 0.3) is 0 Å². The summed E-state index contributed by atoms with van der Waals surface area (Å²) >= 11 is 0. The van der Waals surface area contributed by atoms with Gasteiger partial charge in [-0.15, -0.1) is 12.4 Å². The van der Waals surface area contributed by atoms with Gasteiger partial charge in [-0.25, -0.2) is 4.79 Å². The smallest absolute Gasteiger partial charge is 0.407 e. The fourth-order valence-corrected chi connectivity index (χ4v) is 1.69. The molecule has 0 aromatic heterocycles. The average molecular weight is 291 g/mol.